The van der Waals surface area contributed by atoms with Crippen LogP contribution in [0.4, 0.5) is 5.69 Å². The molecule has 1 atom stereocenters. The highest BCUT2D eigenvalue weighted by Gasteiger charge is 2.35. The van der Waals surface area contributed by atoms with Gasteiger partial charge in [0.15, 0.2) is 0 Å². The quantitative estimate of drug-likeness (QED) is 0.661. The summed E-state index contributed by atoms with van der Waals surface area (Å²) in [4.78, 5) is 31.2. The number of aryl methyl sites for hydroxylation is 1. The fraction of sp³-hybridized carbons (Fsp3) is 0.250. The molecule has 7 heteroatoms. The second-order valence-corrected chi connectivity index (χ2v) is 8.60. The standard InChI is InChI=1S/C20H18BrN3O2S/c1-12-8-14(6-7-15(12)21)24-11-13(9-19(24)25)20(26)22-10-18-23-16-4-2-3-5-17(16)27-18/h2-8,13H,9-11H2,1H3,(H,22,26). The zero-order valence-corrected chi connectivity index (χ0v) is 17.1. The SMILES string of the molecule is Cc1cc(N2CC(C(=O)NCc3nc4ccccc4s3)CC2=O)ccc1Br. The molecule has 0 saturated carbocycles. The zero-order chi connectivity index (χ0) is 19.0. The number of hydrogen-bond acceptors (Lipinski definition) is 4. The van der Waals surface area contributed by atoms with Crippen molar-refractivity contribution in [3.63, 3.8) is 0 Å². The molecule has 1 aliphatic heterocycles. The summed E-state index contributed by atoms with van der Waals surface area (Å²) in [6.07, 6.45) is 0.237. The van der Waals surface area contributed by atoms with Gasteiger partial charge >= 0.3 is 0 Å². The molecule has 1 saturated heterocycles. The molecule has 1 aliphatic rings. The van der Waals surface area contributed by atoms with Gasteiger partial charge < -0.3 is 10.2 Å². The van der Waals surface area contributed by atoms with Gasteiger partial charge in [0.2, 0.25) is 11.8 Å². The molecular formula is C20H18BrN3O2S. The number of carbonyl (C=O) groups excluding carboxylic acids is 2. The Labute approximate surface area is 169 Å². The van der Waals surface area contributed by atoms with Gasteiger partial charge in [-0.05, 0) is 42.8 Å². The number of hydrogen-bond donors (Lipinski definition) is 1. The summed E-state index contributed by atoms with van der Waals surface area (Å²) in [5.74, 6) is -0.452. The Morgan fingerprint density at radius 3 is 2.93 bits per heavy atom. The molecule has 2 aromatic carbocycles. The van der Waals surface area contributed by atoms with Crippen molar-refractivity contribution in [2.75, 3.05) is 11.4 Å². The number of carbonyl (C=O) groups is 2. The van der Waals surface area contributed by atoms with Crippen molar-refractivity contribution in [3.8, 4) is 0 Å². The number of benzene rings is 2. The van der Waals surface area contributed by atoms with Gasteiger partial charge in [0, 0.05) is 23.1 Å². The summed E-state index contributed by atoms with van der Waals surface area (Å²) in [5, 5.41) is 3.81. The maximum atomic E-state index is 12.6. The van der Waals surface area contributed by atoms with Crippen LogP contribution in [-0.2, 0) is 16.1 Å². The molecule has 0 radical (unpaired) electrons. The highest BCUT2D eigenvalue weighted by Crippen LogP contribution is 2.29. The highest BCUT2D eigenvalue weighted by atomic mass is 79.9. The Balaban J connectivity index is 1.40. The van der Waals surface area contributed by atoms with E-state index < -0.39 is 0 Å². The van der Waals surface area contributed by atoms with E-state index in [0.717, 1.165) is 30.9 Å². The average molecular weight is 444 g/mol. The third kappa shape index (κ3) is 3.75. The number of fused-ring (bicyclic) bond motifs is 1. The minimum atomic E-state index is -0.337. The summed E-state index contributed by atoms with van der Waals surface area (Å²) < 4.78 is 2.11. The minimum Gasteiger partial charge on any atom is -0.349 e. The van der Waals surface area contributed by atoms with Crippen molar-refractivity contribution in [2.24, 2.45) is 5.92 Å². The topological polar surface area (TPSA) is 62.3 Å². The maximum Gasteiger partial charge on any atom is 0.227 e. The van der Waals surface area contributed by atoms with Crippen LogP contribution in [0.5, 0.6) is 0 Å². The van der Waals surface area contributed by atoms with Gasteiger partial charge in [-0.25, -0.2) is 4.98 Å². The first-order valence-corrected chi connectivity index (χ1v) is 10.3. The maximum absolute atomic E-state index is 12.6. The lowest BCUT2D eigenvalue weighted by atomic mass is 10.1. The molecule has 0 spiro atoms. The predicted octanol–water partition coefficient (Wildman–Crippen LogP) is 4.04. The molecule has 2 heterocycles. The van der Waals surface area contributed by atoms with Crippen molar-refractivity contribution in [2.45, 2.75) is 19.9 Å². The van der Waals surface area contributed by atoms with E-state index in [-0.39, 0.29) is 24.2 Å². The van der Waals surface area contributed by atoms with Crippen molar-refractivity contribution < 1.29 is 9.59 Å². The molecule has 138 valence electrons. The van der Waals surface area contributed by atoms with Gasteiger partial charge in [0.05, 0.1) is 22.7 Å². The van der Waals surface area contributed by atoms with Crippen molar-refractivity contribution in [1.29, 1.82) is 0 Å². The van der Waals surface area contributed by atoms with E-state index in [2.05, 4.69) is 26.2 Å². The Morgan fingerprint density at radius 2 is 2.15 bits per heavy atom. The molecular weight excluding hydrogens is 426 g/mol. The fourth-order valence-electron chi connectivity index (χ4n) is 3.23. The number of amides is 2. The van der Waals surface area contributed by atoms with Crippen LogP contribution in [0, 0.1) is 12.8 Å². The van der Waals surface area contributed by atoms with Crippen molar-refractivity contribution >= 4 is 55.0 Å². The lowest BCUT2D eigenvalue weighted by Gasteiger charge is -2.17. The molecule has 27 heavy (non-hydrogen) atoms. The first-order valence-electron chi connectivity index (χ1n) is 8.70. The largest absolute Gasteiger partial charge is 0.349 e. The van der Waals surface area contributed by atoms with Crippen LogP contribution in [-0.4, -0.2) is 23.3 Å². The van der Waals surface area contributed by atoms with Crippen LogP contribution < -0.4 is 10.2 Å². The number of para-hydroxylation sites is 1. The normalized spacial score (nSPS) is 16.9. The monoisotopic (exact) mass is 443 g/mol. The number of anilines is 1. The van der Waals surface area contributed by atoms with Crippen LogP contribution >= 0.6 is 27.3 Å². The zero-order valence-electron chi connectivity index (χ0n) is 14.7. The summed E-state index contributed by atoms with van der Waals surface area (Å²) >= 11 is 5.05. The van der Waals surface area contributed by atoms with Crippen molar-refractivity contribution in [1.82, 2.24) is 10.3 Å². The van der Waals surface area contributed by atoms with E-state index in [1.165, 1.54) is 0 Å². The van der Waals surface area contributed by atoms with E-state index in [1.54, 1.807) is 16.2 Å². The molecule has 1 unspecified atom stereocenters. The average Bonchev–Trinajstić information content (AvgIpc) is 3.25. The lowest BCUT2D eigenvalue weighted by molar-refractivity contribution is -0.126. The minimum absolute atomic E-state index is 0.0168. The second-order valence-electron chi connectivity index (χ2n) is 6.63. The van der Waals surface area contributed by atoms with Gasteiger partial charge in [0.1, 0.15) is 5.01 Å². The number of halogens is 1. The van der Waals surface area contributed by atoms with E-state index in [9.17, 15) is 9.59 Å². The van der Waals surface area contributed by atoms with Gasteiger partial charge in [-0.2, -0.15) is 0 Å². The highest BCUT2D eigenvalue weighted by molar-refractivity contribution is 9.10. The van der Waals surface area contributed by atoms with Crippen LogP contribution in [0.2, 0.25) is 0 Å². The lowest BCUT2D eigenvalue weighted by Crippen LogP contribution is -2.32. The Morgan fingerprint density at radius 1 is 1.33 bits per heavy atom. The second kappa shape index (κ2) is 7.40. The molecule has 0 aliphatic carbocycles. The summed E-state index contributed by atoms with van der Waals surface area (Å²) in [5.41, 5.74) is 2.84. The Bertz CT molecular complexity index is 1000. The number of rotatable bonds is 4. The number of aromatic nitrogens is 1. The molecule has 1 N–H and O–H groups in total. The molecule has 1 fully saturated rings. The summed E-state index contributed by atoms with van der Waals surface area (Å²) in [6, 6.07) is 13.7. The molecule has 4 rings (SSSR count). The smallest absolute Gasteiger partial charge is 0.227 e. The van der Waals surface area contributed by atoms with Crippen LogP contribution in [0.15, 0.2) is 46.9 Å². The van der Waals surface area contributed by atoms with Crippen LogP contribution in [0.3, 0.4) is 0 Å². The molecule has 0 bridgehead atoms. The summed E-state index contributed by atoms with van der Waals surface area (Å²) in [7, 11) is 0. The number of nitrogens with zero attached hydrogens (tertiary/aromatic N) is 2. The van der Waals surface area contributed by atoms with Gasteiger partial charge in [-0.3, -0.25) is 9.59 Å². The Kier molecular flexibility index (Phi) is 4.97. The van der Waals surface area contributed by atoms with E-state index in [1.807, 2.05) is 49.4 Å². The Hall–Kier alpha value is -2.25. The summed E-state index contributed by atoms with van der Waals surface area (Å²) in [6.45, 7) is 2.78. The molecule has 1 aromatic heterocycles. The van der Waals surface area contributed by atoms with E-state index in [4.69, 9.17) is 0 Å². The number of thiazole rings is 1. The molecule has 3 aromatic rings. The van der Waals surface area contributed by atoms with E-state index >= 15 is 0 Å². The van der Waals surface area contributed by atoms with E-state index in [0.29, 0.717) is 13.1 Å². The third-order valence-corrected chi connectivity index (χ3v) is 6.63. The first kappa shape index (κ1) is 18.1. The van der Waals surface area contributed by atoms with Gasteiger partial charge in [0.25, 0.3) is 0 Å². The predicted molar refractivity (Wildman–Crippen MR) is 111 cm³/mol. The molecule has 5 nitrogen and oxygen atoms in total. The van der Waals surface area contributed by atoms with Crippen LogP contribution in [0.25, 0.3) is 10.2 Å². The van der Waals surface area contributed by atoms with Crippen molar-refractivity contribution in [3.05, 3.63) is 57.5 Å². The third-order valence-electron chi connectivity index (χ3n) is 4.70. The van der Waals surface area contributed by atoms with Crippen LogP contribution in [0.1, 0.15) is 17.0 Å². The van der Waals surface area contributed by atoms with Gasteiger partial charge in [-0.1, -0.05) is 28.1 Å². The number of nitrogens with one attached hydrogen (secondary N) is 1. The first-order chi connectivity index (χ1) is 13.0. The molecule has 2 amide bonds. The fourth-order valence-corrected chi connectivity index (χ4v) is 4.39. The van der Waals surface area contributed by atoms with Gasteiger partial charge in [-0.15, -0.1) is 11.3 Å².